The van der Waals surface area contributed by atoms with E-state index >= 15 is 0 Å². The average molecular weight is 553 g/mol. The van der Waals surface area contributed by atoms with Gasteiger partial charge in [-0.1, -0.05) is 24.3 Å². The van der Waals surface area contributed by atoms with E-state index in [1.54, 1.807) is 28.4 Å². The average Bonchev–Trinajstić information content (AvgIpc) is 3.07. The summed E-state index contributed by atoms with van der Waals surface area (Å²) in [5, 5.41) is 18.8. The second-order valence-corrected chi connectivity index (χ2v) is 9.52. The van der Waals surface area contributed by atoms with Gasteiger partial charge >= 0.3 is 0 Å². The third kappa shape index (κ3) is 5.61. The normalized spacial score (nSPS) is 10.3. The molecule has 0 aliphatic heterocycles. The number of nitrogens with zero attached hydrogens (tertiary/aromatic N) is 2. The van der Waals surface area contributed by atoms with Gasteiger partial charge in [0.05, 0.1) is 51.7 Å². The lowest BCUT2D eigenvalue weighted by molar-refractivity contribution is 0.394. The third-order valence-corrected chi connectivity index (χ3v) is 7.13. The van der Waals surface area contributed by atoms with Gasteiger partial charge < -0.3 is 18.9 Å². The maximum atomic E-state index is 9.42. The van der Waals surface area contributed by atoms with Crippen molar-refractivity contribution in [2.75, 3.05) is 28.4 Å². The van der Waals surface area contributed by atoms with Gasteiger partial charge in [-0.25, -0.2) is 0 Å². The van der Waals surface area contributed by atoms with Gasteiger partial charge in [-0.05, 0) is 105 Å². The molecule has 0 spiro atoms. The van der Waals surface area contributed by atoms with Crippen LogP contribution >= 0.6 is 0 Å². The van der Waals surface area contributed by atoms with E-state index in [0.29, 0.717) is 34.1 Å². The van der Waals surface area contributed by atoms with Crippen molar-refractivity contribution in [3.63, 3.8) is 0 Å². The molecule has 6 nitrogen and oxygen atoms in total. The monoisotopic (exact) mass is 552 g/mol. The van der Waals surface area contributed by atoms with E-state index in [9.17, 15) is 10.5 Å². The van der Waals surface area contributed by atoms with E-state index in [4.69, 9.17) is 18.9 Å². The largest absolute Gasteiger partial charge is 0.497 e. The molecule has 0 aliphatic carbocycles. The summed E-state index contributed by atoms with van der Waals surface area (Å²) >= 11 is 0. The molecular weight excluding hydrogens is 524 g/mol. The molecule has 0 atom stereocenters. The minimum atomic E-state index is 0.579. The van der Waals surface area contributed by atoms with E-state index < -0.39 is 0 Å². The zero-order valence-corrected chi connectivity index (χ0v) is 23.8. The molecule has 0 N–H and O–H groups in total. The van der Waals surface area contributed by atoms with Crippen molar-refractivity contribution in [1.29, 1.82) is 10.5 Å². The molecule has 0 fully saturated rings. The molecule has 0 heterocycles. The highest BCUT2D eigenvalue weighted by molar-refractivity contribution is 5.96. The van der Waals surface area contributed by atoms with Crippen LogP contribution in [0.1, 0.15) is 11.1 Å². The highest BCUT2D eigenvalue weighted by atomic mass is 16.5. The van der Waals surface area contributed by atoms with Crippen LogP contribution in [-0.2, 0) is 0 Å². The first kappa shape index (κ1) is 27.8. The van der Waals surface area contributed by atoms with Gasteiger partial charge in [0.25, 0.3) is 0 Å². The number of hydrogen-bond donors (Lipinski definition) is 0. The minimum absolute atomic E-state index is 0.579. The fourth-order valence-electron chi connectivity index (χ4n) is 4.93. The van der Waals surface area contributed by atoms with Crippen LogP contribution < -0.4 is 18.9 Å². The predicted molar refractivity (Wildman–Crippen MR) is 164 cm³/mol. The Hall–Kier alpha value is -5.72. The first-order chi connectivity index (χ1) is 20.5. The van der Waals surface area contributed by atoms with Crippen LogP contribution in [0.15, 0.2) is 97.1 Å². The van der Waals surface area contributed by atoms with Crippen molar-refractivity contribution in [2.24, 2.45) is 0 Å². The molecule has 5 aromatic carbocycles. The molecule has 206 valence electrons. The molecule has 0 amide bonds. The molecule has 0 saturated heterocycles. The summed E-state index contributed by atoms with van der Waals surface area (Å²) in [5.41, 5.74) is 8.61. The van der Waals surface area contributed by atoms with Gasteiger partial charge in [0.15, 0.2) is 0 Å². The van der Waals surface area contributed by atoms with E-state index in [1.165, 1.54) is 0 Å². The maximum absolute atomic E-state index is 9.42. The van der Waals surface area contributed by atoms with E-state index in [0.717, 1.165) is 44.5 Å². The first-order valence-corrected chi connectivity index (χ1v) is 13.2. The standard InChI is InChI=1S/C36H28N2O4/c1-39-29-13-27(14-30(17-29)40-2)35-19-34(26-11-7-24(22-38)8-12-26)36(28-15-31(41-3)18-32(16-28)42-4)20-33(35)25-9-5-23(21-37)6-10-25/h5-20H,1-4H3. The maximum Gasteiger partial charge on any atom is 0.123 e. The molecular formula is C36H28N2O4. The molecule has 0 aliphatic rings. The molecule has 5 rings (SSSR count). The molecule has 0 unspecified atom stereocenters. The highest BCUT2D eigenvalue weighted by Crippen LogP contribution is 2.45. The van der Waals surface area contributed by atoms with Gasteiger partial charge in [0.1, 0.15) is 23.0 Å². The van der Waals surface area contributed by atoms with Gasteiger partial charge in [-0.3, -0.25) is 0 Å². The quantitative estimate of drug-likeness (QED) is 0.193. The summed E-state index contributed by atoms with van der Waals surface area (Å²) in [6.07, 6.45) is 0. The van der Waals surface area contributed by atoms with Crippen LogP contribution in [-0.4, -0.2) is 28.4 Å². The van der Waals surface area contributed by atoms with Crippen molar-refractivity contribution in [2.45, 2.75) is 0 Å². The predicted octanol–water partition coefficient (Wildman–Crippen LogP) is 8.13. The molecule has 5 aromatic rings. The summed E-state index contributed by atoms with van der Waals surface area (Å²) in [5.74, 6) is 2.65. The Bertz CT molecular complexity index is 1650. The zero-order chi connectivity index (χ0) is 29.6. The Morgan fingerprint density at radius 1 is 0.381 bits per heavy atom. The van der Waals surface area contributed by atoms with Crippen molar-refractivity contribution >= 4 is 0 Å². The summed E-state index contributed by atoms with van der Waals surface area (Å²) < 4.78 is 22.4. The summed E-state index contributed by atoms with van der Waals surface area (Å²) in [4.78, 5) is 0. The number of ether oxygens (including phenoxy) is 4. The molecule has 0 aromatic heterocycles. The van der Waals surface area contributed by atoms with Crippen molar-refractivity contribution in [3.05, 3.63) is 108 Å². The Morgan fingerprint density at radius 2 is 0.667 bits per heavy atom. The third-order valence-electron chi connectivity index (χ3n) is 7.13. The molecule has 0 bridgehead atoms. The van der Waals surface area contributed by atoms with Crippen LogP contribution in [0.3, 0.4) is 0 Å². The zero-order valence-electron chi connectivity index (χ0n) is 23.8. The second kappa shape index (κ2) is 12.2. The number of nitriles is 2. The van der Waals surface area contributed by atoms with E-state index in [1.807, 2.05) is 84.9 Å². The van der Waals surface area contributed by atoms with Gasteiger partial charge in [0.2, 0.25) is 0 Å². The Balaban J connectivity index is 1.88. The fourth-order valence-corrected chi connectivity index (χ4v) is 4.93. The number of methoxy groups -OCH3 is 4. The van der Waals surface area contributed by atoms with Crippen molar-refractivity contribution in [1.82, 2.24) is 0 Å². The van der Waals surface area contributed by atoms with Crippen molar-refractivity contribution in [3.8, 4) is 79.6 Å². The number of rotatable bonds is 8. The fraction of sp³-hybridized carbons (Fsp3) is 0.111. The second-order valence-electron chi connectivity index (χ2n) is 9.52. The van der Waals surface area contributed by atoms with Crippen LogP contribution in [0.25, 0.3) is 44.5 Å². The summed E-state index contributed by atoms with van der Waals surface area (Å²) in [6, 6.07) is 35.3. The summed E-state index contributed by atoms with van der Waals surface area (Å²) in [7, 11) is 6.51. The lowest BCUT2D eigenvalue weighted by atomic mass is 9.85. The lowest BCUT2D eigenvalue weighted by Gasteiger charge is -2.20. The molecule has 42 heavy (non-hydrogen) atoms. The SMILES string of the molecule is COc1cc(OC)cc(-c2cc(-c3ccc(C#N)cc3)c(-c3cc(OC)cc(OC)c3)cc2-c2ccc(C#N)cc2)c1. The van der Waals surface area contributed by atoms with Gasteiger partial charge in [-0.15, -0.1) is 0 Å². The van der Waals surface area contributed by atoms with Crippen molar-refractivity contribution < 1.29 is 18.9 Å². The van der Waals surface area contributed by atoms with Gasteiger partial charge in [0, 0.05) is 12.1 Å². The molecule has 6 heteroatoms. The van der Waals surface area contributed by atoms with Crippen LogP contribution in [0, 0.1) is 22.7 Å². The topological polar surface area (TPSA) is 84.5 Å². The number of benzene rings is 5. The highest BCUT2D eigenvalue weighted by Gasteiger charge is 2.19. The van der Waals surface area contributed by atoms with Crippen LogP contribution in [0.2, 0.25) is 0 Å². The Morgan fingerprint density at radius 3 is 0.929 bits per heavy atom. The Labute approximate surface area is 245 Å². The van der Waals surface area contributed by atoms with E-state index in [2.05, 4.69) is 24.3 Å². The molecule has 0 radical (unpaired) electrons. The smallest absolute Gasteiger partial charge is 0.123 e. The van der Waals surface area contributed by atoms with Crippen LogP contribution in [0.4, 0.5) is 0 Å². The lowest BCUT2D eigenvalue weighted by Crippen LogP contribution is -1.95. The van der Waals surface area contributed by atoms with Crippen LogP contribution in [0.5, 0.6) is 23.0 Å². The Kier molecular flexibility index (Phi) is 8.09. The number of hydrogen-bond acceptors (Lipinski definition) is 6. The molecule has 0 saturated carbocycles. The van der Waals surface area contributed by atoms with E-state index in [-0.39, 0.29) is 0 Å². The minimum Gasteiger partial charge on any atom is -0.497 e. The summed E-state index contributed by atoms with van der Waals surface area (Å²) in [6.45, 7) is 0. The first-order valence-electron chi connectivity index (χ1n) is 13.2. The van der Waals surface area contributed by atoms with Gasteiger partial charge in [-0.2, -0.15) is 10.5 Å².